The fraction of sp³-hybridized carbons (Fsp3) is 0.121. The minimum atomic E-state index is -0.130. The highest BCUT2D eigenvalue weighted by molar-refractivity contribution is 6.13. The number of para-hydroxylation sites is 3. The molecule has 11 aromatic rings. The van der Waals surface area contributed by atoms with Crippen molar-refractivity contribution in [2.45, 2.75) is 51.4 Å². The quantitative estimate of drug-likeness (QED) is 0.163. The zero-order valence-electron chi connectivity index (χ0n) is 38.9. The van der Waals surface area contributed by atoms with Crippen LogP contribution in [0.5, 0.6) is 0 Å². The summed E-state index contributed by atoms with van der Waals surface area (Å²) in [5, 5.41) is 5.04. The second kappa shape index (κ2) is 14.3. The van der Waals surface area contributed by atoms with E-state index in [4.69, 9.17) is 0 Å². The van der Waals surface area contributed by atoms with Crippen molar-refractivity contribution in [1.29, 1.82) is 0 Å². The fourth-order valence-electron chi connectivity index (χ4n) is 12.5. The molecule has 0 bridgehead atoms. The number of nitrogens with zero attached hydrogens (tertiary/aromatic N) is 2. The van der Waals surface area contributed by atoms with Gasteiger partial charge in [0.1, 0.15) is 0 Å². The first-order valence-electron chi connectivity index (χ1n) is 24.3. The summed E-state index contributed by atoms with van der Waals surface area (Å²) < 4.78 is 4.83. The lowest BCUT2D eigenvalue weighted by atomic mass is 9.79. The molecule has 0 atom stereocenters. The van der Waals surface area contributed by atoms with Crippen molar-refractivity contribution >= 4 is 49.2 Å². The van der Waals surface area contributed by atoms with Crippen LogP contribution in [0.1, 0.15) is 68.4 Å². The van der Waals surface area contributed by atoms with Crippen LogP contribution in [-0.2, 0) is 10.8 Å². The van der Waals surface area contributed by atoms with E-state index in [-0.39, 0.29) is 10.8 Å². The minimum Gasteiger partial charge on any atom is -0.309 e. The van der Waals surface area contributed by atoms with Crippen molar-refractivity contribution < 1.29 is 0 Å². The number of aromatic nitrogens is 2. The van der Waals surface area contributed by atoms with Crippen molar-refractivity contribution in [1.82, 2.24) is 9.13 Å². The maximum absolute atomic E-state index is 2.56. The molecule has 2 heteroatoms. The molecule has 68 heavy (non-hydrogen) atoms. The first-order chi connectivity index (χ1) is 33.2. The number of hydrogen-bond donors (Lipinski definition) is 0. The lowest BCUT2D eigenvalue weighted by Crippen LogP contribution is -2.17. The molecule has 324 valence electrons. The molecule has 0 spiro atoms. The predicted molar refractivity (Wildman–Crippen MR) is 287 cm³/mol. The number of rotatable bonds is 5. The molecule has 9 aromatic carbocycles. The number of fused-ring (bicyclic) bond motifs is 12. The van der Waals surface area contributed by atoms with E-state index in [1.807, 2.05) is 0 Å². The monoisotopic (exact) mass is 870 g/mol. The maximum Gasteiger partial charge on any atom is 0.0541 e. The van der Waals surface area contributed by atoms with E-state index in [9.17, 15) is 0 Å². The van der Waals surface area contributed by atoms with E-state index < -0.39 is 0 Å². The summed E-state index contributed by atoms with van der Waals surface area (Å²) in [5.41, 5.74) is 25.8. The van der Waals surface area contributed by atoms with E-state index in [1.165, 1.54) is 127 Å². The summed E-state index contributed by atoms with van der Waals surface area (Å²) >= 11 is 0. The second-order valence-electron chi connectivity index (χ2n) is 20.4. The van der Waals surface area contributed by atoms with Crippen LogP contribution < -0.4 is 0 Å². The summed E-state index contributed by atoms with van der Waals surface area (Å²) in [6.07, 6.45) is 9.25. The molecule has 14 rings (SSSR count). The SMILES string of the molecule is CC1(C)c2cc(C3=CCCC=C3)ccc2-c2cc3c(cc21)-c1c(-c2ccc(-n4c5ccccc5c5cc(-c6ccc7c(c6)c6ccccc6n7-c6ccccc6)ccc54)cc2)cccc1C3(C)C. The fourth-order valence-corrected chi connectivity index (χ4v) is 12.5. The van der Waals surface area contributed by atoms with Crippen LogP contribution in [0.15, 0.2) is 206 Å². The van der Waals surface area contributed by atoms with Crippen LogP contribution in [0.4, 0.5) is 0 Å². The van der Waals surface area contributed by atoms with E-state index >= 15 is 0 Å². The van der Waals surface area contributed by atoms with Gasteiger partial charge in [-0.2, -0.15) is 0 Å². The Labute approximate surface area is 397 Å². The van der Waals surface area contributed by atoms with E-state index in [2.05, 4.69) is 243 Å². The standard InChI is InChI=1S/C66H50N2/c1-65(2)56-23-15-22-48(64(56)55-40-58-52(39-59(55)65)49-33-28-45(38-57(49)66(58,3)4)41-16-7-5-8-17-41)42-26-31-47(32-27-42)68-61-25-14-12-21-51(61)54-37-44(30-35-63(54)68)43-29-34-62-53(36-43)50-20-11-13-24-60(50)67(62)46-18-9-6-10-19-46/h6-7,9-40H,5,8H2,1-4H3. The van der Waals surface area contributed by atoms with Gasteiger partial charge < -0.3 is 9.13 Å². The van der Waals surface area contributed by atoms with Gasteiger partial charge in [-0.25, -0.2) is 0 Å². The lowest BCUT2D eigenvalue weighted by Gasteiger charge is -2.24. The average Bonchev–Trinajstić information content (AvgIpc) is 4.04. The normalized spacial score (nSPS) is 15.2. The van der Waals surface area contributed by atoms with Gasteiger partial charge in [-0.3, -0.25) is 0 Å². The molecule has 0 saturated heterocycles. The third-order valence-electron chi connectivity index (χ3n) is 16.0. The van der Waals surface area contributed by atoms with E-state index in [0.29, 0.717) is 0 Å². The van der Waals surface area contributed by atoms with E-state index in [0.717, 1.165) is 18.5 Å². The second-order valence-corrected chi connectivity index (χ2v) is 20.4. The molecule has 2 heterocycles. The molecule has 0 aliphatic heterocycles. The third kappa shape index (κ3) is 5.52. The zero-order chi connectivity index (χ0) is 45.5. The Morgan fingerprint density at radius 1 is 0.353 bits per heavy atom. The Balaban J connectivity index is 0.847. The van der Waals surface area contributed by atoms with Gasteiger partial charge in [0.15, 0.2) is 0 Å². The molecule has 3 aliphatic carbocycles. The smallest absolute Gasteiger partial charge is 0.0541 e. The van der Waals surface area contributed by atoms with Gasteiger partial charge >= 0.3 is 0 Å². The van der Waals surface area contributed by atoms with Gasteiger partial charge in [0.25, 0.3) is 0 Å². The largest absolute Gasteiger partial charge is 0.309 e. The molecule has 0 fully saturated rings. The first kappa shape index (κ1) is 39.2. The molecule has 0 amide bonds. The Morgan fingerprint density at radius 2 is 0.897 bits per heavy atom. The molecule has 0 saturated carbocycles. The number of allylic oxidation sites excluding steroid dienone is 4. The number of benzene rings is 9. The van der Waals surface area contributed by atoms with Crippen LogP contribution >= 0.6 is 0 Å². The Morgan fingerprint density at radius 3 is 1.56 bits per heavy atom. The highest BCUT2D eigenvalue weighted by Gasteiger charge is 2.42. The topological polar surface area (TPSA) is 9.86 Å². The van der Waals surface area contributed by atoms with Crippen molar-refractivity contribution in [2.75, 3.05) is 0 Å². The molecular formula is C66H50N2. The molecule has 0 unspecified atom stereocenters. The highest BCUT2D eigenvalue weighted by Crippen LogP contribution is 2.58. The zero-order valence-corrected chi connectivity index (χ0v) is 38.9. The first-order valence-corrected chi connectivity index (χ1v) is 24.3. The summed E-state index contributed by atoms with van der Waals surface area (Å²) in [6, 6.07) is 70.9. The summed E-state index contributed by atoms with van der Waals surface area (Å²) in [7, 11) is 0. The Hall–Kier alpha value is -7.94. The molecule has 2 nitrogen and oxygen atoms in total. The van der Waals surface area contributed by atoms with Crippen LogP contribution in [-0.4, -0.2) is 9.13 Å². The minimum absolute atomic E-state index is 0.112. The van der Waals surface area contributed by atoms with Gasteiger partial charge in [-0.05, 0) is 170 Å². The molecular weight excluding hydrogens is 821 g/mol. The van der Waals surface area contributed by atoms with Gasteiger partial charge in [0.2, 0.25) is 0 Å². The summed E-state index contributed by atoms with van der Waals surface area (Å²) in [4.78, 5) is 0. The highest BCUT2D eigenvalue weighted by atomic mass is 15.0. The van der Waals surface area contributed by atoms with Gasteiger partial charge in [-0.1, -0.05) is 155 Å². The van der Waals surface area contributed by atoms with E-state index in [1.54, 1.807) is 0 Å². The molecule has 0 radical (unpaired) electrons. The Bertz CT molecular complexity index is 3990. The van der Waals surface area contributed by atoms with Crippen LogP contribution in [0, 0.1) is 0 Å². The van der Waals surface area contributed by atoms with Crippen molar-refractivity contribution in [3.8, 4) is 55.9 Å². The van der Waals surface area contributed by atoms with Crippen molar-refractivity contribution in [3.05, 3.63) is 234 Å². The molecule has 2 aromatic heterocycles. The predicted octanol–water partition coefficient (Wildman–Crippen LogP) is 17.6. The van der Waals surface area contributed by atoms with Crippen LogP contribution in [0.3, 0.4) is 0 Å². The maximum atomic E-state index is 2.56. The van der Waals surface area contributed by atoms with Crippen molar-refractivity contribution in [3.63, 3.8) is 0 Å². The summed E-state index contributed by atoms with van der Waals surface area (Å²) in [6.45, 7) is 9.68. The summed E-state index contributed by atoms with van der Waals surface area (Å²) in [5.74, 6) is 0. The van der Waals surface area contributed by atoms with Gasteiger partial charge in [0, 0.05) is 43.7 Å². The molecule has 0 N–H and O–H groups in total. The third-order valence-corrected chi connectivity index (χ3v) is 16.0. The van der Waals surface area contributed by atoms with Crippen molar-refractivity contribution in [2.24, 2.45) is 0 Å². The lowest BCUT2D eigenvalue weighted by molar-refractivity contribution is 0.652. The van der Waals surface area contributed by atoms with Crippen LogP contribution in [0.25, 0.3) is 105 Å². The van der Waals surface area contributed by atoms with Crippen LogP contribution in [0.2, 0.25) is 0 Å². The Kier molecular flexibility index (Phi) is 8.24. The number of hydrogen-bond acceptors (Lipinski definition) is 0. The van der Waals surface area contributed by atoms with Gasteiger partial charge in [-0.15, -0.1) is 0 Å². The molecule has 3 aliphatic rings. The average molecular weight is 871 g/mol. The van der Waals surface area contributed by atoms with Gasteiger partial charge in [0.05, 0.1) is 22.1 Å².